The van der Waals surface area contributed by atoms with Crippen LogP contribution in [0.15, 0.2) is 41.9 Å². The molecule has 2 aromatic heterocycles. The number of aryl methyl sites for hydroxylation is 1. The van der Waals surface area contributed by atoms with Gasteiger partial charge in [-0.3, -0.25) is 0 Å². The van der Waals surface area contributed by atoms with Crippen molar-refractivity contribution in [2.45, 2.75) is 0 Å². The number of nitrogens with zero attached hydrogens (tertiary/aromatic N) is 3. The first kappa shape index (κ1) is 15.5. The maximum atomic E-state index is 11.5. The Hall–Kier alpha value is -3.35. The standard InChI is InChI=1S/C18H11N3O2S/c1-21-10-14(9-20)15(16(21)18(22)23)11-2-4-12(5-3-11)17-13(8-19)6-7-24-17/h2-7,10H,1H3,(H,22,23). The molecule has 0 amide bonds. The molecule has 0 atom stereocenters. The van der Waals surface area contributed by atoms with Gasteiger partial charge in [-0.25, -0.2) is 4.79 Å². The lowest BCUT2D eigenvalue weighted by Crippen LogP contribution is -2.05. The molecule has 0 spiro atoms. The zero-order valence-corrected chi connectivity index (χ0v) is 13.5. The summed E-state index contributed by atoms with van der Waals surface area (Å²) in [6.45, 7) is 0. The first-order valence-corrected chi connectivity index (χ1v) is 7.86. The molecule has 3 rings (SSSR count). The third-order valence-corrected chi connectivity index (χ3v) is 4.69. The molecule has 0 saturated heterocycles. The van der Waals surface area contributed by atoms with E-state index in [1.807, 2.05) is 23.6 Å². The molecule has 1 aromatic carbocycles. The highest BCUT2D eigenvalue weighted by atomic mass is 32.1. The summed E-state index contributed by atoms with van der Waals surface area (Å²) in [5.41, 5.74) is 2.95. The summed E-state index contributed by atoms with van der Waals surface area (Å²) in [6.07, 6.45) is 1.51. The summed E-state index contributed by atoms with van der Waals surface area (Å²) in [4.78, 5) is 12.4. The molecule has 0 aliphatic heterocycles. The van der Waals surface area contributed by atoms with Crippen LogP contribution in [0.4, 0.5) is 0 Å². The van der Waals surface area contributed by atoms with Gasteiger partial charge in [0.15, 0.2) is 0 Å². The number of rotatable bonds is 3. The van der Waals surface area contributed by atoms with Crippen molar-refractivity contribution in [3.05, 3.63) is 58.7 Å². The second-order valence-electron chi connectivity index (χ2n) is 5.15. The zero-order valence-electron chi connectivity index (χ0n) is 12.6. The third-order valence-electron chi connectivity index (χ3n) is 3.73. The van der Waals surface area contributed by atoms with E-state index in [0.717, 1.165) is 10.4 Å². The van der Waals surface area contributed by atoms with Crippen LogP contribution in [0, 0.1) is 22.7 Å². The predicted molar refractivity (Wildman–Crippen MR) is 90.6 cm³/mol. The van der Waals surface area contributed by atoms with E-state index < -0.39 is 5.97 Å². The van der Waals surface area contributed by atoms with Gasteiger partial charge in [0.05, 0.1) is 16.0 Å². The molecule has 0 bridgehead atoms. The van der Waals surface area contributed by atoms with Crippen LogP contribution in [0.2, 0.25) is 0 Å². The zero-order chi connectivity index (χ0) is 17.3. The van der Waals surface area contributed by atoms with E-state index in [4.69, 9.17) is 5.26 Å². The smallest absolute Gasteiger partial charge is 0.353 e. The third kappa shape index (κ3) is 2.45. The maximum absolute atomic E-state index is 11.5. The Kier molecular flexibility index (Phi) is 3.91. The summed E-state index contributed by atoms with van der Waals surface area (Å²) >= 11 is 1.48. The fourth-order valence-electron chi connectivity index (χ4n) is 2.67. The van der Waals surface area contributed by atoms with E-state index in [0.29, 0.717) is 22.3 Å². The SMILES string of the molecule is Cn1cc(C#N)c(-c2ccc(-c3sccc3C#N)cc2)c1C(=O)O. The molecule has 3 aromatic rings. The molecular weight excluding hydrogens is 322 g/mol. The Morgan fingerprint density at radius 3 is 2.29 bits per heavy atom. The fourth-order valence-corrected chi connectivity index (χ4v) is 3.52. The van der Waals surface area contributed by atoms with Gasteiger partial charge >= 0.3 is 5.97 Å². The van der Waals surface area contributed by atoms with E-state index in [-0.39, 0.29) is 5.69 Å². The average molecular weight is 333 g/mol. The van der Waals surface area contributed by atoms with Crippen molar-refractivity contribution < 1.29 is 9.90 Å². The number of thiophene rings is 1. The van der Waals surface area contributed by atoms with E-state index in [1.165, 1.54) is 22.1 Å². The number of aromatic carboxylic acids is 1. The first-order valence-electron chi connectivity index (χ1n) is 6.98. The van der Waals surface area contributed by atoms with Crippen LogP contribution in [0.3, 0.4) is 0 Å². The molecule has 0 radical (unpaired) electrons. The van der Waals surface area contributed by atoms with Crippen molar-refractivity contribution in [2.24, 2.45) is 7.05 Å². The van der Waals surface area contributed by atoms with Gasteiger partial charge in [-0.1, -0.05) is 24.3 Å². The summed E-state index contributed by atoms with van der Waals surface area (Å²) in [6, 6.07) is 13.2. The number of benzene rings is 1. The van der Waals surface area contributed by atoms with Crippen LogP contribution in [-0.2, 0) is 7.05 Å². The molecule has 0 unspecified atom stereocenters. The average Bonchev–Trinajstić information content (AvgIpc) is 3.18. The van der Waals surface area contributed by atoms with Crippen LogP contribution in [0.25, 0.3) is 21.6 Å². The van der Waals surface area contributed by atoms with Crippen LogP contribution >= 0.6 is 11.3 Å². The largest absolute Gasteiger partial charge is 0.477 e. The number of carboxylic acids is 1. The van der Waals surface area contributed by atoms with Crippen LogP contribution in [0.5, 0.6) is 0 Å². The Bertz CT molecular complexity index is 1010. The molecule has 0 fully saturated rings. The first-order chi connectivity index (χ1) is 11.6. The van der Waals surface area contributed by atoms with Gasteiger partial charge in [0, 0.05) is 18.8 Å². The predicted octanol–water partition coefficient (Wildman–Crippen LogP) is 3.86. The molecule has 6 heteroatoms. The van der Waals surface area contributed by atoms with Crippen LogP contribution < -0.4 is 0 Å². The Labute approximate surface area is 142 Å². The van der Waals surface area contributed by atoms with Crippen LogP contribution in [-0.4, -0.2) is 15.6 Å². The number of carboxylic acid groups (broad SMARTS) is 1. The second-order valence-corrected chi connectivity index (χ2v) is 6.06. The lowest BCUT2D eigenvalue weighted by molar-refractivity contribution is 0.0687. The van der Waals surface area contributed by atoms with Gasteiger partial charge in [-0.15, -0.1) is 11.3 Å². The number of aromatic nitrogens is 1. The molecule has 5 nitrogen and oxygen atoms in total. The quantitative estimate of drug-likeness (QED) is 0.788. The fraction of sp³-hybridized carbons (Fsp3) is 0.0556. The van der Waals surface area contributed by atoms with Crippen molar-refractivity contribution in [2.75, 3.05) is 0 Å². The molecule has 2 heterocycles. The van der Waals surface area contributed by atoms with E-state index in [2.05, 4.69) is 6.07 Å². The van der Waals surface area contributed by atoms with Gasteiger partial charge in [-0.2, -0.15) is 10.5 Å². The van der Waals surface area contributed by atoms with E-state index in [9.17, 15) is 15.2 Å². The van der Waals surface area contributed by atoms with Crippen molar-refractivity contribution in [1.82, 2.24) is 4.57 Å². The minimum atomic E-state index is -1.08. The minimum Gasteiger partial charge on any atom is -0.477 e. The molecule has 0 saturated carbocycles. The highest BCUT2D eigenvalue weighted by Gasteiger charge is 2.21. The minimum absolute atomic E-state index is 0.0770. The van der Waals surface area contributed by atoms with Crippen molar-refractivity contribution in [1.29, 1.82) is 10.5 Å². The van der Waals surface area contributed by atoms with Crippen molar-refractivity contribution in [3.8, 4) is 33.7 Å². The lowest BCUT2D eigenvalue weighted by atomic mass is 9.99. The Morgan fingerprint density at radius 1 is 1.08 bits per heavy atom. The maximum Gasteiger partial charge on any atom is 0.353 e. The number of nitriles is 2. The second kappa shape index (κ2) is 6.04. The molecule has 0 aliphatic rings. The molecule has 24 heavy (non-hydrogen) atoms. The lowest BCUT2D eigenvalue weighted by Gasteiger charge is -2.05. The van der Waals surface area contributed by atoms with Gasteiger partial charge in [0.1, 0.15) is 17.8 Å². The monoisotopic (exact) mass is 333 g/mol. The molecular formula is C18H11N3O2S. The van der Waals surface area contributed by atoms with Crippen molar-refractivity contribution in [3.63, 3.8) is 0 Å². The number of hydrogen-bond donors (Lipinski definition) is 1. The molecule has 1 N–H and O–H groups in total. The number of hydrogen-bond acceptors (Lipinski definition) is 4. The van der Waals surface area contributed by atoms with E-state index in [1.54, 1.807) is 25.2 Å². The van der Waals surface area contributed by atoms with Crippen LogP contribution in [0.1, 0.15) is 21.6 Å². The normalized spacial score (nSPS) is 10.1. The van der Waals surface area contributed by atoms with Crippen molar-refractivity contribution >= 4 is 17.3 Å². The highest BCUT2D eigenvalue weighted by molar-refractivity contribution is 7.13. The summed E-state index contributed by atoms with van der Waals surface area (Å²) in [5, 5.41) is 29.7. The van der Waals surface area contributed by atoms with E-state index >= 15 is 0 Å². The van der Waals surface area contributed by atoms with Gasteiger partial charge in [0.2, 0.25) is 0 Å². The highest BCUT2D eigenvalue weighted by Crippen LogP contribution is 2.33. The molecule has 116 valence electrons. The van der Waals surface area contributed by atoms with Gasteiger partial charge in [0.25, 0.3) is 0 Å². The molecule has 0 aliphatic carbocycles. The van der Waals surface area contributed by atoms with Gasteiger partial charge in [-0.05, 0) is 22.6 Å². The van der Waals surface area contributed by atoms with Gasteiger partial charge < -0.3 is 9.67 Å². The summed E-state index contributed by atoms with van der Waals surface area (Å²) in [5.74, 6) is -1.08. The number of carbonyl (C=O) groups is 1. The topological polar surface area (TPSA) is 89.8 Å². The summed E-state index contributed by atoms with van der Waals surface area (Å²) < 4.78 is 1.44. The summed E-state index contributed by atoms with van der Waals surface area (Å²) in [7, 11) is 1.60. The Morgan fingerprint density at radius 2 is 1.71 bits per heavy atom. The Balaban J connectivity index is 2.12.